The number of urea groups is 1. The van der Waals surface area contributed by atoms with Gasteiger partial charge in [0, 0.05) is 0 Å². The van der Waals surface area contributed by atoms with Gasteiger partial charge in [-0.1, -0.05) is 25.7 Å². The van der Waals surface area contributed by atoms with Crippen LogP contribution >= 0.6 is 0 Å². The fraction of sp³-hybridized carbons (Fsp3) is 0.909. The second-order valence-electron chi connectivity index (χ2n) is 4.80. The molecule has 2 aliphatic heterocycles. The Morgan fingerprint density at radius 3 is 1.88 bits per heavy atom. The van der Waals surface area contributed by atoms with Crippen molar-refractivity contribution in [1.82, 2.24) is 10.6 Å². The molecule has 0 radical (unpaired) electrons. The van der Waals surface area contributed by atoms with E-state index in [1.54, 1.807) is 0 Å². The predicted molar refractivity (Wildman–Crippen MR) is 56.7 cm³/mol. The maximum Gasteiger partial charge on any atom is 0.319 e. The summed E-state index contributed by atoms with van der Waals surface area (Å²) in [5.41, 5.74) is 0. The molecule has 3 aliphatic rings. The molecular weight excluding hydrogens is 208 g/mol. The van der Waals surface area contributed by atoms with Crippen LogP contribution in [-0.4, -0.2) is 30.7 Å². The summed E-state index contributed by atoms with van der Waals surface area (Å²) in [4.78, 5) is 11.2. The summed E-state index contributed by atoms with van der Waals surface area (Å²) in [6.45, 7) is 0. The number of carbonyl (C=O) groups excluding carboxylic acids is 1. The van der Waals surface area contributed by atoms with E-state index in [2.05, 4.69) is 10.6 Å². The molecule has 1 saturated carbocycles. The Morgan fingerprint density at radius 1 is 0.875 bits per heavy atom. The molecule has 2 amide bonds. The minimum atomic E-state index is -0.298. The summed E-state index contributed by atoms with van der Waals surface area (Å²) in [7, 11) is 0. The monoisotopic (exact) mass is 226 g/mol. The number of carbonyl (C=O) groups is 1. The van der Waals surface area contributed by atoms with Crippen LogP contribution in [0, 0.1) is 0 Å². The van der Waals surface area contributed by atoms with Gasteiger partial charge in [-0.3, -0.25) is 0 Å². The van der Waals surface area contributed by atoms with Gasteiger partial charge in [0.1, 0.15) is 0 Å². The highest BCUT2D eigenvalue weighted by Gasteiger charge is 2.43. The van der Waals surface area contributed by atoms with Crippen LogP contribution in [0.25, 0.3) is 0 Å². The maximum atomic E-state index is 11.2. The van der Waals surface area contributed by atoms with Crippen LogP contribution in [0.2, 0.25) is 0 Å². The molecular formula is C11H18N2O3. The van der Waals surface area contributed by atoms with Gasteiger partial charge in [-0.05, 0) is 12.8 Å². The molecule has 2 heterocycles. The molecule has 4 atom stereocenters. The van der Waals surface area contributed by atoms with Crippen molar-refractivity contribution in [2.45, 2.75) is 63.2 Å². The average Bonchev–Trinajstić information content (AvgIpc) is 2.57. The van der Waals surface area contributed by atoms with E-state index in [4.69, 9.17) is 9.47 Å². The summed E-state index contributed by atoms with van der Waals surface area (Å²) in [6, 6.07) is -0.190. The SMILES string of the molecule is O=C1N[C@@H]2O[C@H]3CCCCCC[C@H]3O[C@@H]2N1. The third kappa shape index (κ3) is 1.89. The molecule has 0 aromatic rings. The molecule has 1 aliphatic carbocycles. The first-order valence-corrected chi connectivity index (χ1v) is 6.21. The first kappa shape index (κ1) is 10.4. The van der Waals surface area contributed by atoms with Crippen LogP contribution in [0.1, 0.15) is 38.5 Å². The topological polar surface area (TPSA) is 59.6 Å². The van der Waals surface area contributed by atoms with Crippen LogP contribution < -0.4 is 10.6 Å². The smallest absolute Gasteiger partial charge is 0.319 e. The minimum absolute atomic E-state index is 0.154. The Bertz CT molecular complexity index is 258. The third-order valence-electron chi connectivity index (χ3n) is 3.61. The van der Waals surface area contributed by atoms with Crippen molar-refractivity contribution >= 4 is 6.03 Å². The number of fused-ring (bicyclic) bond motifs is 2. The van der Waals surface area contributed by atoms with Gasteiger partial charge in [0.15, 0.2) is 12.5 Å². The van der Waals surface area contributed by atoms with E-state index in [0.717, 1.165) is 12.8 Å². The molecule has 0 aromatic heterocycles. The van der Waals surface area contributed by atoms with E-state index >= 15 is 0 Å². The van der Waals surface area contributed by atoms with Gasteiger partial charge < -0.3 is 20.1 Å². The molecule has 3 rings (SSSR count). The zero-order chi connectivity index (χ0) is 11.0. The number of nitrogens with one attached hydrogen (secondary N) is 2. The molecule has 0 bridgehead atoms. The molecule has 3 fully saturated rings. The molecule has 16 heavy (non-hydrogen) atoms. The van der Waals surface area contributed by atoms with Gasteiger partial charge in [-0.15, -0.1) is 0 Å². The van der Waals surface area contributed by atoms with E-state index in [1.165, 1.54) is 25.7 Å². The number of amides is 2. The highest BCUT2D eigenvalue weighted by Crippen LogP contribution is 2.29. The number of rotatable bonds is 0. The summed E-state index contributed by atoms with van der Waals surface area (Å²) >= 11 is 0. The van der Waals surface area contributed by atoms with Crippen molar-refractivity contribution < 1.29 is 14.3 Å². The van der Waals surface area contributed by atoms with Gasteiger partial charge in [0.25, 0.3) is 0 Å². The van der Waals surface area contributed by atoms with Gasteiger partial charge >= 0.3 is 6.03 Å². The molecule has 2 N–H and O–H groups in total. The van der Waals surface area contributed by atoms with E-state index in [9.17, 15) is 4.79 Å². The van der Waals surface area contributed by atoms with Gasteiger partial charge in [0.2, 0.25) is 0 Å². The molecule has 5 heteroatoms. The Balaban J connectivity index is 1.69. The fourth-order valence-electron chi connectivity index (χ4n) is 2.77. The Hall–Kier alpha value is -0.810. The summed E-state index contributed by atoms with van der Waals surface area (Å²) in [5.74, 6) is 0. The van der Waals surface area contributed by atoms with E-state index in [0.29, 0.717) is 0 Å². The van der Waals surface area contributed by atoms with Crippen LogP contribution in [-0.2, 0) is 9.47 Å². The normalized spacial score (nSPS) is 43.4. The molecule has 90 valence electrons. The van der Waals surface area contributed by atoms with E-state index < -0.39 is 0 Å². The Morgan fingerprint density at radius 2 is 1.38 bits per heavy atom. The lowest BCUT2D eigenvalue weighted by molar-refractivity contribution is -0.224. The first-order chi connectivity index (χ1) is 7.83. The second kappa shape index (κ2) is 4.22. The molecule has 0 aromatic carbocycles. The lowest BCUT2D eigenvalue weighted by Crippen LogP contribution is -2.52. The second-order valence-corrected chi connectivity index (χ2v) is 4.80. The lowest BCUT2D eigenvalue weighted by atomic mass is 9.95. The van der Waals surface area contributed by atoms with Gasteiger partial charge in [0.05, 0.1) is 12.2 Å². The van der Waals surface area contributed by atoms with E-state index in [-0.39, 0.29) is 30.7 Å². The van der Waals surface area contributed by atoms with Crippen LogP contribution in [0.4, 0.5) is 4.79 Å². The Labute approximate surface area is 94.9 Å². The minimum Gasteiger partial charge on any atom is -0.348 e. The van der Waals surface area contributed by atoms with Crippen LogP contribution in [0.15, 0.2) is 0 Å². The number of hydrogen-bond donors (Lipinski definition) is 2. The van der Waals surface area contributed by atoms with Gasteiger partial charge in [-0.25, -0.2) is 4.79 Å². The molecule has 2 saturated heterocycles. The van der Waals surface area contributed by atoms with Crippen molar-refractivity contribution in [3.63, 3.8) is 0 Å². The van der Waals surface area contributed by atoms with Crippen molar-refractivity contribution in [3.8, 4) is 0 Å². The first-order valence-electron chi connectivity index (χ1n) is 6.21. The number of hydrogen-bond acceptors (Lipinski definition) is 3. The number of ether oxygens (including phenoxy) is 2. The van der Waals surface area contributed by atoms with Gasteiger partial charge in [-0.2, -0.15) is 0 Å². The fourth-order valence-corrected chi connectivity index (χ4v) is 2.77. The highest BCUT2D eigenvalue weighted by molar-refractivity contribution is 5.76. The Kier molecular flexibility index (Phi) is 2.73. The van der Waals surface area contributed by atoms with Crippen LogP contribution in [0.3, 0.4) is 0 Å². The van der Waals surface area contributed by atoms with Crippen LogP contribution in [0.5, 0.6) is 0 Å². The summed E-state index contributed by atoms with van der Waals surface area (Å²) < 4.78 is 11.8. The summed E-state index contributed by atoms with van der Waals surface area (Å²) in [5, 5.41) is 5.46. The molecule has 0 unspecified atom stereocenters. The van der Waals surface area contributed by atoms with Crippen molar-refractivity contribution in [2.75, 3.05) is 0 Å². The maximum absolute atomic E-state index is 11.2. The van der Waals surface area contributed by atoms with Crippen molar-refractivity contribution in [1.29, 1.82) is 0 Å². The lowest BCUT2D eigenvalue weighted by Gasteiger charge is -2.39. The summed E-state index contributed by atoms with van der Waals surface area (Å²) in [6.07, 6.45) is 6.77. The van der Waals surface area contributed by atoms with E-state index in [1.807, 2.05) is 0 Å². The van der Waals surface area contributed by atoms with Crippen molar-refractivity contribution in [3.05, 3.63) is 0 Å². The average molecular weight is 226 g/mol. The third-order valence-corrected chi connectivity index (χ3v) is 3.61. The van der Waals surface area contributed by atoms with Crippen molar-refractivity contribution in [2.24, 2.45) is 0 Å². The predicted octanol–water partition coefficient (Wildman–Crippen LogP) is 1.09. The zero-order valence-corrected chi connectivity index (χ0v) is 9.28. The standard InChI is InChI=1S/C11H18N2O3/c14-11-12-9-10(13-11)16-8-6-4-2-1-3-5-7(8)15-9/h7-10H,1-6H2,(H2,12,13,14)/t7-,8+,9+,10-. The zero-order valence-electron chi connectivity index (χ0n) is 9.28. The largest absolute Gasteiger partial charge is 0.348 e. The highest BCUT2D eigenvalue weighted by atomic mass is 16.6. The molecule has 0 spiro atoms. The molecule has 5 nitrogen and oxygen atoms in total. The quantitative estimate of drug-likeness (QED) is 0.650.